The van der Waals surface area contributed by atoms with E-state index >= 15 is 0 Å². The van der Waals surface area contributed by atoms with E-state index in [0.717, 1.165) is 16.9 Å². The predicted octanol–water partition coefficient (Wildman–Crippen LogP) is 3.72. The smallest absolute Gasteiger partial charge is 0.251 e. The van der Waals surface area contributed by atoms with Crippen molar-refractivity contribution in [3.05, 3.63) is 71.3 Å². The van der Waals surface area contributed by atoms with E-state index in [2.05, 4.69) is 10.6 Å². The maximum atomic E-state index is 12.7. The lowest BCUT2D eigenvalue weighted by Gasteiger charge is -2.21. The number of aryl methyl sites for hydroxylation is 1. The lowest BCUT2D eigenvalue weighted by atomic mass is 10.1. The van der Waals surface area contributed by atoms with Crippen LogP contribution in [-0.2, 0) is 4.79 Å². The molecule has 0 spiro atoms. The molecule has 2 atom stereocenters. The van der Waals surface area contributed by atoms with E-state index < -0.39 is 6.04 Å². The summed E-state index contributed by atoms with van der Waals surface area (Å²) in [6.07, 6.45) is 2.58. The van der Waals surface area contributed by atoms with Gasteiger partial charge in [0.15, 0.2) is 0 Å². The Bertz CT molecular complexity index is 734. The minimum atomic E-state index is -0.554. The van der Waals surface area contributed by atoms with E-state index in [9.17, 15) is 9.59 Å². The molecule has 26 heavy (non-hydrogen) atoms. The van der Waals surface area contributed by atoms with Gasteiger partial charge in [-0.05, 0) is 50.0 Å². The molecule has 2 aromatic carbocycles. The maximum Gasteiger partial charge on any atom is 0.251 e. The van der Waals surface area contributed by atoms with Gasteiger partial charge in [0, 0.05) is 5.56 Å². The lowest BCUT2D eigenvalue weighted by molar-refractivity contribution is -0.123. The van der Waals surface area contributed by atoms with E-state index in [4.69, 9.17) is 0 Å². The first-order chi connectivity index (χ1) is 12.5. The van der Waals surface area contributed by atoms with Crippen LogP contribution in [-0.4, -0.2) is 29.9 Å². The second-order valence-corrected chi connectivity index (χ2v) is 7.30. The molecule has 2 aromatic rings. The van der Waals surface area contributed by atoms with Crippen LogP contribution in [0.5, 0.6) is 0 Å². The molecule has 0 saturated heterocycles. The van der Waals surface area contributed by atoms with E-state index in [1.165, 1.54) is 0 Å². The third kappa shape index (κ3) is 5.92. The van der Waals surface area contributed by atoms with Crippen LogP contribution >= 0.6 is 11.8 Å². The molecule has 0 aliphatic carbocycles. The van der Waals surface area contributed by atoms with Crippen molar-refractivity contribution in [2.75, 3.05) is 12.0 Å². The topological polar surface area (TPSA) is 58.2 Å². The summed E-state index contributed by atoms with van der Waals surface area (Å²) in [5.74, 6) is 0.421. The molecule has 0 heterocycles. The van der Waals surface area contributed by atoms with Gasteiger partial charge in [-0.1, -0.05) is 48.0 Å². The number of carbonyl (C=O) groups excluding carboxylic acids is 2. The third-order valence-corrected chi connectivity index (χ3v) is 4.82. The van der Waals surface area contributed by atoms with Crippen LogP contribution in [0.3, 0.4) is 0 Å². The highest BCUT2D eigenvalue weighted by atomic mass is 32.2. The Morgan fingerprint density at radius 1 is 1.04 bits per heavy atom. The zero-order chi connectivity index (χ0) is 18.9. The fourth-order valence-electron chi connectivity index (χ4n) is 2.67. The van der Waals surface area contributed by atoms with Crippen molar-refractivity contribution in [3.63, 3.8) is 0 Å². The lowest BCUT2D eigenvalue weighted by Crippen LogP contribution is -2.47. The average Bonchev–Trinajstić information content (AvgIpc) is 2.65. The van der Waals surface area contributed by atoms with Crippen molar-refractivity contribution in [2.24, 2.45) is 0 Å². The van der Waals surface area contributed by atoms with Crippen molar-refractivity contribution in [1.29, 1.82) is 0 Å². The molecule has 0 aliphatic heterocycles. The number of carbonyl (C=O) groups is 2. The summed E-state index contributed by atoms with van der Waals surface area (Å²) in [6.45, 7) is 3.89. The molecule has 0 radical (unpaired) electrons. The van der Waals surface area contributed by atoms with Gasteiger partial charge in [-0.3, -0.25) is 9.59 Å². The number of benzene rings is 2. The minimum absolute atomic E-state index is 0.114. The summed E-state index contributed by atoms with van der Waals surface area (Å²) >= 11 is 1.66. The summed E-state index contributed by atoms with van der Waals surface area (Å²) in [6, 6.07) is 16.5. The van der Waals surface area contributed by atoms with Gasteiger partial charge in [0.05, 0.1) is 6.04 Å². The summed E-state index contributed by atoms with van der Waals surface area (Å²) in [5.41, 5.74) is 2.62. The quantitative estimate of drug-likeness (QED) is 0.744. The molecular formula is C21H26N2O2S. The molecule has 2 unspecified atom stereocenters. The molecule has 4 nitrogen and oxygen atoms in total. The van der Waals surface area contributed by atoms with Crippen LogP contribution in [0.15, 0.2) is 54.6 Å². The van der Waals surface area contributed by atoms with Crippen molar-refractivity contribution in [1.82, 2.24) is 10.6 Å². The number of rotatable bonds is 8. The van der Waals surface area contributed by atoms with E-state index in [0.29, 0.717) is 12.0 Å². The van der Waals surface area contributed by atoms with Crippen LogP contribution < -0.4 is 10.6 Å². The second kappa shape index (κ2) is 10.0. The molecule has 0 aliphatic rings. The normalized spacial score (nSPS) is 12.9. The standard InChI is InChI=1S/C21H26N2O2S/c1-15-8-7-11-18(14-15)20(24)23-19(12-13-26-3)21(25)22-16(2)17-9-5-4-6-10-17/h4-11,14,16,19H,12-13H2,1-3H3,(H,22,25)(H,23,24). The Kier molecular flexibility index (Phi) is 7.73. The van der Waals surface area contributed by atoms with Gasteiger partial charge in [0.1, 0.15) is 6.04 Å². The first-order valence-electron chi connectivity index (χ1n) is 8.73. The SMILES string of the molecule is CSCCC(NC(=O)c1cccc(C)c1)C(=O)NC(C)c1ccccc1. The van der Waals surface area contributed by atoms with Crippen LogP contribution in [0, 0.1) is 6.92 Å². The summed E-state index contributed by atoms with van der Waals surface area (Å²) in [7, 11) is 0. The van der Waals surface area contributed by atoms with Crippen molar-refractivity contribution in [2.45, 2.75) is 32.4 Å². The Labute approximate surface area is 159 Å². The molecule has 2 N–H and O–H groups in total. The molecule has 0 saturated carbocycles. The van der Waals surface area contributed by atoms with E-state index in [-0.39, 0.29) is 17.9 Å². The van der Waals surface area contributed by atoms with Gasteiger partial charge in [-0.2, -0.15) is 11.8 Å². The highest BCUT2D eigenvalue weighted by Gasteiger charge is 2.22. The summed E-state index contributed by atoms with van der Waals surface area (Å²) in [4.78, 5) is 25.3. The van der Waals surface area contributed by atoms with Gasteiger partial charge in [0.25, 0.3) is 5.91 Å². The predicted molar refractivity (Wildman–Crippen MR) is 108 cm³/mol. The second-order valence-electron chi connectivity index (χ2n) is 6.32. The average molecular weight is 371 g/mol. The monoisotopic (exact) mass is 370 g/mol. The van der Waals surface area contributed by atoms with Gasteiger partial charge in [0.2, 0.25) is 5.91 Å². The number of amides is 2. The molecule has 0 bridgehead atoms. The molecule has 0 aromatic heterocycles. The van der Waals surface area contributed by atoms with Crippen molar-refractivity contribution >= 4 is 23.6 Å². The van der Waals surface area contributed by atoms with E-state index in [1.54, 1.807) is 17.8 Å². The Morgan fingerprint density at radius 2 is 1.77 bits per heavy atom. The molecule has 5 heteroatoms. The minimum Gasteiger partial charge on any atom is -0.348 e. The van der Waals surface area contributed by atoms with Gasteiger partial charge >= 0.3 is 0 Å². The Morgan fingerprint density at radius 3 is 2.42 bits per heavy atom. The zero-order valence-electron chi connectivity index (χ0n) is 15.5. The summed E-state index contributed by atoms with van der Waals surface area (Å²) in [5, 5.41) is 5.90. The Balaban J connectivity index is 2.05. The first-order valence-corrected chi connectivity index (χ1v) is 10.1. The van der Waals surface area contributed by atoms with Crippen molar-refractivity contribution in [3.8, 4) is 0 Å². The number of hydrogen-bond donors (Lipinski definition) is 2. The van der Waals surface area contributed by atoms with Crippen molar-refractivity contribution < 1.29 is 9.59 Å². The molecule has 0 fully saturated rings. The van der Waals surface area contributed by atoms with Crippen LogP contribution in [0.25, 0.3) is 0 Å². The van der Waals surface area contributed by atoms with Gasteiger partial charge < -0.3 is 10.6 Å². The Hall–Kier alpha value is -2.27. The maximum absolute atomic E-state index is 12.7. The first kappa shape index (κ1) is 20.0. The number of hydrogen-bond acceptors (Lipinski definition) is 3. The zero-order valence-corrected chi connectivity index (χ0v) is 16.3. The van der Waals surface area contributed by atoms with Gasteiger partial charge in [-0.25, -0.2) is 0 Å². The fourth-order valence-corrected chi connectivity index (χ4v) is 3.14. The largest absolute Gasteiger partial charge is 0.348 e. The highest BCUT2D eigenvalue weighted by molar-refractivity contribution is 7.98. The van der Waals surface area contributed by atoms with Crippen LogP contribution in [0.1, 0.15) is 40.9 Å². The van der Waals surface area contributed by atoms with E-state index in [1.807, 2.05) is 68.6 Å². The molecular weight excluding hydrogens is 344 g/mol. The molecule has 2 rings (SSSR count). The fraction of sp³-hybridized carbons (Fsp3) is 0.333. The highest BCUT2D eigenvalue weighted by Crippen LogP contribution is 2.12. The van der Waals surface area contributed by atoms with Gasteiger partial charge in [-0.15, -0.1) is 0 Å². The molecule has 138 valence electrons. The third-order valence-electron chi connectivity index (χ3n) is 4.17. The molecule has 2 amide bonds. The van der Waals surface area contributed by atoms with Crippen LogP contribution in [0.4, 0.5) is 0 Å². The summed E-state index contributed by atoms with van der Waals surface area (Å²) < 4.78 is 0. The van der Waals surface area contributed by atoms with Crippen LogP contribution in [0.2, 0.25) is 0 Å². The number of nitrogens with one attached hydrogen (secondary N) is 2. The number of thioether (sulfide) groups is 1.